The Morgan fingerprint density at radius 3 is 2.81 bits per heavy atom. The van der Waals surface area contributed by atoms with Gasteiger partial charge in [0.1, 0.15) is 0 Å². The number of nitro benzene ring substituents is 1. The third-order valence-electron chi connectivity index (χ3n) is 3.10. The molecule has 0 aliphatic heterocycles. The molecule has 0 saturated carbocycles. The van der Waals surface area contributed by atoms with E-state index in [2.05, 4.69) is 26.5 Å². The van der Waals surface area contributed by atoms with Crippen LogP contribution in [0.4, 0.5) is 5.69 Å². The Morgan fingerprint density at radius 2 is 2.12 bits per heavy atom. The van der Waals surface area contributed by atoms with Crippen LogP contribution in [-0.4, -0.2) is 35.9 Å². The number of phenols is 1. The van der Waals surface area contributed by atoms with Gasteiger partial charge in [0.2, 0.25) is 0 Å². The number of nitrogens with one attached hydrogen (secondary N) is 1. The average Bonchev–Trinajstić information content (AvgIpc) is 2.62. The number of hydrazone groups is 1. The maximum atomic E-state index is 11.7. The first kappa shape index (κ1) is 19.2. The van der Waals surface area contributed by atoms with E-state index in [1.807, 2.05) is 0 Å². The van der Waals surface area contributed by atoms with Crippen LogP contribution in [0.1, 0.15) is 5.56 Å². The lowest BCUT2D eigenvalue weighted by molar-refractivity contribution is -0.385. The Morgan fingerprint density at radius 1 is 1.38 bits per heavy atom. The van der Waals surface area contributed by atoms with Gasteiger partial charge in [-0.1, -0.05) is 28.1 Å². The van der Waals surface area contributed by atoms with Crippen LogP contribution in [0.15, 0.2) is 46.0 Å². The number of para-hydroxylation sites is 2. The molecule has 26 heavy (non-hydrogen) atoms. The number of rotatable bonds is 7. The average molecular weight is 424 g/mol. The highest BCUT2D eigenvalue weighted by Gasteiger charge is 2.14. The van der Waals surface area contributed by atoms with Crippen molar-refractivity contribution in [1.82, 2.24) is 5.43 Å². The Balaban J connectivity index is 1.97. The third-order valence-corrected chi connectivity index (χ3v) is 3.56. The van der Waals surface area contributed by atoms with E-state index in [0.717, 1.165) is 0 Å². The van der Waals surface area contributed by atoms with Gasteiger partial charge in [0.05, 0.1) is 18.2 Å². The van der Waals surface area contributed by atoms with Crippen LogP contribution < -0.4 is 14.9 Å². The molecule has 0 spiro atoms. The van der Waals surface area contributed by atoms with Crippen molar-refractivity contribution in [3.05, 3.63) is 56.5 Å². The van der Waals surface area contributed by atoms with Crippen LogP contribution in [0, 0.1) is 10.1 Å². The molecule has 136 valence electrons. The zero-order chi connectivity index (χ0) is 19.1. The first-order chi connectivity index (χ1) is 12.4. The smallest absolute Gasteiger partial charge is 0.310 e. The summed E-state index contributed by atoms with van der Waals surface area (Å²) in [7, 11) is 1.41. The summed E-state index contributed by atoms with van der Waals surface area (Å²) in [6.07, 6.45) is 1.23. The first-order valence-electron chi connectivity index (χ1n) is 7.17. The molecule has 2 N–H and O–H groups in total. The van der Waals surface area contributed by atoms with Crippen molar-refractivity contribution < 1.29 is 24.3 Å². The van der Waals surface area contributed by atoms with Crippen LogP contribution in [0.2, 0.25) is 0 Å². The second-order valence-electron chi connectivity index (χ2n) is 4.85. The zero-order valence-corrected chi connectivity index (χ0v) is 15.1. The maximum Gasteiger partial charge on any atom is 0.310 e. The van der Waals surface area contributed by atoms with Crippen molar-refractivity contribution in [2.45, 2.75) is 0 Å². The lowest BCUT2D eigenvalue weighted by Crippen LogP contribution is -2.24. The second-order valence-corrected chi connectivity index (χ2v) is 5.77. The number of nitro groups is 1. The number of nitrogens with zero attached hydrogens (tertiary/aromatic N) is 2. The molecule has 2 aromatic carbocycles. The first-order valence-corrected chi connectivity index (χ1v) is 7.96. The van der Waals surface area contributed by atoms with Crippen molar-refractivity contribution >= 4 is 33.7 Å². The van der Waals surface area contributed by atoms with Gasteiger partial charge in [0, 0.05) is 16.1 Å². The summed E-state index contributed by atoms with van der Waals surface area (Å²) < 4.78 is 10.8. The number of amides is 1. The summed E-state index contributed by atoms with van der Waals surface area (Å²) in [6.45, 7) is -0.462. The van der Waals surface area contributed by atoms with Crippen LogP contribution in [0.3, 0.4) is 0 Å². The van der Waals surface area contributed by atoms with Crippen molar-refractivity contribution in [3.63, 3.8) is 0 Å². The van der Waals surface area contributed by atoms with E-state index >= 15 is 0 Å². The van der Waals surface area contributed by atoms with Gasteiger partial charge >= 0.3 is 5.69 Å². The molecule has 0 atom stereocenters. The normalized spacial score (nSPS) is 10.5. The monoisotopic (exact) mass is 423 g/mol. The summed E-state index contributed by atoms with van der Waals surface area (Å²) >= 11 is 3.26. The molecular weight excluding hydrogens is 410 g/mol. The largest absolute Gasteiger partial charge is 0.504 e. The topological polar surface area (TPSA) is 123 Å². The molecule has 2 rings (SSSR count). The molecule has 2 aromatic rings. The predicted octanol–water partition coefficient (Wildman–Crippen LogP) is 2.60. The summed E-state index contributed by atoms with van der Waals surface area (Å²) in [5, 5.41) is 24.6. The molecule has 0 radical (unpaired) electrons. The number of aromatic hydroxyl groups is 1. The Hall–Kier alpha value is -3.14. The quantitative estimate of drug-likeness (QED) is 0.400. The van der Waals surface area contributed by atoms with Gasteiger partial charge in [-0.05, 0) is 18.2 Å². The zero-order valence-electron chi connectivity index (χ0n) is 13.5. The fourth-order valence-electron chi connectivity index (χ4n) is 1.93. The van der Waals surface area contributed by atoms with Crippen LogP contribution in [-0.2, 0) is 4.79 Å². The van der Waals surface area contributed by atoms with E-state index in [1.165, 1.54) is 31.5 Å². The maximum absolute atomic E-state index is 11.7. The molecular formula is C16H14BrN3O6. The van der Waals surface area contributed by atoms with Crippen LogP contribution in [0.25, 0.3) is 0 Å². The Kier molecular flexibility index (Phi) is 6.50. The molecule has 1 amide bonds. The fraction of sp³-hybridized carbons (Fsp3) is 0.125. The van der Waals surface area contributed by atoms with Gasteiger partial charge < -0.3 is 14.6 Å². The number of ether oxygens (including phenoxy) is 2. The van der Waals surface area contributed by atoms with Gasteiger partial charge in [-0.2, -0.15) is 5.10 Å². The molecule has 0 bridgehead atoms. The minimum absolute atomic E-state index is 0.0222. The number of carbonyl (C=O) groups is 1. The lowest BCUT2D eigenvalue weighted by Gasteiger charge is -2.07. The number of halogens is 1. The molecule has 0 aliphatic carbocycles. The van der Waals surface area contributed by atoms with E-state index in [1.54, 1.807) is 18.2 Å². The number of methoxy groups -OCH3 is 1. The highest BCUT2D eigenvalue weighted by molar-refractivity contribution is 9.10. The van der Waals surface area contributed by atoms with Crippen molar-refractivity contribution in [2.24, 2.45) is 5.10 Å². The van der Waals surface area contributed by atoms with E-state index in [0.29, 0.717) is 10.0 Å². The summed E-state index contributed by atoms with van der Waals surface area (Å²) in [4.78, 5) is 22.0. The molecule has 0 aromatic heterocycles. The number of hydrogen-bond acceptors (Lipinski definition) is 7. The lowest BCUT2D eigenvalue weighted by atomic mass is 10.2. The summed E-state index contributed by atoms with van der Waals surface area (Å²) in [6, 6.07) is 8.87. The summed E-state index contributed by atoms with van der Waals surface area (Å²) in [5.74, 6) is -0.538. The molecule has 0 unspecified atom stereocenters. The van der Waals surface area contributed by atoms with E-state index < -0.39 is 17.4 Å². The third kappa shape index (κ3) is 4.93. The van der Waals surface area contributed by atoms with Gasteiger partial charge in [0.15, 0.2) is 23.9 Å². The highest BCUT2D eigenvalue weighted by atomic mass is 79.9. The number of phenolic OH excluding ortho intramolecular Hbond substituents is 1. The molecule has 0 saturated heterocycles. The molecule has 0 fully saturated rings. The van der Waals surface area contributed by atoms with Gasteiger partial charge in [-0.25, -0.2) is 5.43 Å². The van der Waals surface area contributed by atoms with Crippen molar-refractivity contribution in [3.8, 4) is 17.2 Å². The van der Waals surface area contributed by atoms with Crippen molar-refractivity contribution in [2.75, 3.05) is 13.7 Å². The molecule has 0 aliphatic rings. The Bertz CT molecular complexity index is 856. The van der Waals surface area contributed by atoms with E-state index in [-0.39, 0.29) is 22.9 Å². The SMILES string of the molecule is COc1cc(Br)cc(C=NNC(=O)COc2ccccc2[N+](=O)[O-])c1O. The molecule has 9 nitrogen and oxygen atoms in total. The van der Waals surface area contributed by atoms with Gasteiger partial charge in [-0.15, -0.1) is 0 Å². The Labute approximate surface area is 156 Å². The van der Waals surface area contributed by atoms with E-state index in [4.69, 9.17) is 9.47 Å². The number of hydrogen-bond donors (Lipinski definition) is 2. The highest BCUT2D eigenvalue weighted by Crippen LogP contribution is 2.32. The second kappa shape index (κ2) is 8.81. The number of benzene rings is 2. The minimum Gasteiger partial charge on any atom is -0.504 e. The summed E-state index contributed by atoms with van der Waals surface area (Å²) in [5.41, 5.74) is 2.28. The fourth-order valence-corrected chi connectivity index (χ4v) is 2.38. The van der Waals surface area contributed by atoms with Crippen LogP contribution in [0.5, 0.6) is 17.2 Å². The minimum atomic E-state index is -0.624. The molecule has 0 heterocycles. The van der Waals surface area contributed by atoms with Gasteiger partial charge in [0.25, 0.3) is 5.91 Å². The molecule has 10 heteroatoms. The van der Waals surface area contributed by atoms with Crippen molar-refractivity contribution in [1.29, 1.82) is 0 Å². The predicted molar refractivity (Wildman–Crippen MR) is 96.7 cm³/mol. The van der Waals surface area contributed by atoms with Crippen LogP contribution >= 0.6 is 15.9 Å². The number of carbonyl (C=O) groups excluding carboxylic acids is 1. The standard InChI is InChI=1S/C16H14BrN3O6/c1-25-14-7-11(17)6-10(16(14)22)8-18-19-15(21)9-26-13-5-3-2-4-12(13)20(23)24/h2-8,22H,9H2,1H3,(H,19,21). The van der Waals surface area contributed by atoms with Gasteiger partial charge in [-0.3, -0.25) is 14.9 Å². The van der Waals surface area contributed by atoms with E-state index in [9.17, 15) is 20.0 Å².